The predicted molar refractivity (Wildman–Crippen MR) is 54.5 cm³/mol. The highest BCUT2D eigenvalue weighted by molar-refractivity contribution is 6.00. The van der Waals surface area contributed by atoms with Gasteiger partial charge in [-0.3, -0.25) is 4.79 Å². The second-order valence-electron chi connectivity index (χ2n) is 4.02. The molecule has 74 valence electrons. The first-order chi connectivity index (χ1) is 6.50. The first kappa shape index (κ1) is 9.06. The quantitative estimate of drug-likeness (QED) is 0.682. The van der Waals surface area contributed by atoms with Gasteiger partial charge in [0.1, 0.15) is 5.75 Å². The summed E-state index contributed by atoms with van der Waals surface area (Å²) in [5, 5.41) is 2.83. The Hall–Kier alpha value is -1.51. The number of amides is 1. The lowest BCUT2D eigenvalue weighted by molar-refractivity contribution is -0.129. The molecule has 0 unspecified atom stereocenters. The molecule has 1 heterocycles. The molecule has 3 heteroatoms. The van der Waals surface area contributed by atoms with E-state index in [1.165, 1.54) is 0 Å². The Morgan fingerprint density at radius 2 is 2.07 bits per heavy atom. The number of para-hydroxylation sites is 1. The third-order valence-corrected chi connectivity index (χ3v) is 2.36. The number of carbonyl (C=O) groups excluding carboxylic acids is 1. The van der Waals surface area contributed by atoms with Crippen LogP contribution in [0.5, 0.6) is 5.75 Å². The molecule has 3 nitrogen and oxygen atoms in total. The molecule has 0 fully saturated rings. The summed E-state index contributed by atoms with van der Waals surface area (Å²) in [5.74, 6) is 0.674. The topological polar surface area (TPSA) is 38.3 Å². The minimum absolute atomic E-state index is 0.101. The maximum atomic E-state index is 11.6. The summed E-state index contributed by atoms with van der Waals surface area (Å²) in [6.45, 7) is 5.49. The monoisotopic (exact) mass is 191 g/mol. The fraction of sp³-hybridized carbons (Fsp3) is 0.364. The van der Waals surface area contributed by atoms with Gasteiger partial charge < -0.3 is 10.1 Å². The Morgan fingerprint density at radius 3 is 2.79 bits per heavy atom. The summed E-state index contributed by atoms with van der Waals surface area (Å²) in [4.78, 5) is 11.6. The molecule has 0 saturated carbocycles. The molecule has 0 spiro atoms. The lowest BCUT2D eigenvalue weighted by Gasteiger charge is -2.32. The summed E-state index contributed by atoms with van der Waals surface area (Å²) in [6, 6.07) is 5.71. The summed E-state index contributed by atoms with van der Waals surface area (Å²) in [6.07, 6.45) is 0. The van der Waals surface area contributed by atoms with Crippen LogP contribution in [0.25, 0.3) is 0 Å². The highest BCUT2D eigenvalue weighted by atomic mass is 16.5. The van der Waals surface area contributed by atoms with E-state index in [9.17, 15) is 4.79 Å². The molecule has 1 aromatic rings. The van der Waals surface area contributed by atoms with Crippen molar-refractivity contribution in [3.63, 3.8) is 0 Å². The molecule has 2 rings (SSSR count). The second-order valence-corrected chi connectivity index (χ2v) is 4.02. The minimum Gasteiger partial charge on any atom is -0.476 e. The van der Waals surface area contributed by atoms with Crippen molar-refractivity contribution in [3.8, 4) is 5.75 Å². The van der Waals surface area contributed by atoms with E-state index in [1.54, 1.807) is 13.8 Å². The van der Waals surface area contributed by atoms with Crippen molar-refractivity contribution in [1.82, 2.24) is 0 Å². The Balaban J connectivity index is 2.51. The van der Waals surface area contributed by atoms with Crippen LogP contribution >= 0.6 is 0 Å². The van der Waals surface area contributed by atoms with Crippen LogP contribution in [0.1, 0.15) is 19.4 Å². The largest absolute Gasteiger partial charge is 0.476 e. The lowest BCUT2D eigenvalue weighted by Crippen LogP contribution is -2.45. The lowest BCUT2D eigenvalue weighted by atomic mass is 10.0. The van der Waals surface area contributed by atoms with E-state index in [-0.39, 0.29) is 5.91 Å². The van der Waals surface area contributed by atoms with Crippen LogP contribution in [-0.2, 0) is 4.79 Å². The normalized spacial score (nSPS) is 18.1. The average Bonchev–Trinajstić information content (AvgIpc) is 2.09. The molecule has 0 atom stereocenters. The number of hydrogen-bond acceptors (Lipinski definition) is 2. The van der Waals surface area contributed by atoms with Gasteiger partial charge in [-0.05, 0) is 32.4 Å². The first-order valence-corrected chi connectivity index (χ1v) is 4.61. The maximum Gasteiger partial charge on any atom is 0.268 e. The molecule has 0 aromatic heterocycles. The number of anilines is 1. The molecule has 14 heavy (non-hydrogen) atoms. The number of nitrogens with one attached hydrogen (secondary N) is 1. The highest BCUT2D eigenvalue weighted by Gasteiger charge is 2.35. The van der Waals surface area contributed by atoms with Crippen LogP contribution in [0.15, 0.2) is 18.2 Å². The standard InChI is InChI=1S/C11H13NO2/c1-7-5-4-6-8-9(7)14-11(2,3)10(13)12-8/h4-6H,1-3H3,(H,12,13). The number of rotatable bonds is 0. The molecule has 1 N–H and O–H groups in total. The van der Waals surface area contributed by atoms with Crippen molar-refractivity contribution >= 4 is 11.6 Å². The number of benzene rings is 1. The molecule has 1 amide bonds. The van der Waals surface area contributed by atoms with Gasteiger partial charge in [0, 0.05) is 0 Å². The van der Waals surface area contributed by atoms with Crippen LogP contribution in [-0.4, -0.2) is 11.5 Å². The molecular formula is C11H13NO2. The van der Waals surface area contributed by atoms with Crippen LogP contribution in [0.2, 0.25) is 0 Å². The number of fused-ring (bicyclic) bond motifs is 1. The molecule has 0 saturated heterocycles. The van der Waals surface area contributed by atoms with E-state index < -0.39 is 5.60 Å². The number of ether oxygens (including phenoxy) is 1. The van der Waals surface area contributed by atoms with Gasteiger partial charge in [-0.2, -0.15) is 0 Å². The highest BCUT2D eigenvalue weighted by Crippen LogP contribution is 2.35. The van der Waals surface area contributed by atoms with Gasteiger partial charge >= 0.3 is 0 Å². The number of hydrogen-bond donors (Lipinski definition) is 1. The van der Waals surface area contributed by atoms with Gasteiger partial charge in [-0.15, -0.1) is 0 Å². The van der Waals surface area contributed by atoms with Gasteiger partial charge in [-0.1, -0.05) is 12.1 Å². The second kappa shape index (κ2) is 2.74. The van der Waals surface area contributed by atoms with E-state index in [2.05, 4.69) is 5.32 Å². The van der Waals surface area contributed by atoms with E-state index in [0.717, 1.165) is 17.0 Å². The molecular weight excluding hydrogens is 178 g/mol. The van der Waals surface area contributed by atoms with Crippen molar-refractivity contribution in [1.29, 1.82) is 0 Å². The Kier molecular flexibility index (Phi) is 1.77. The van der Waals surface area contributed by atoms with Crippen molar-refractivity contribution in [2.45, 2.75) is 26.4 Å². The summed E-state index contributed by atoms with van der Waals surface area (Å²) in [7, 11) is 0. The van der Waals surface area contributed by atoms with E-state index in [4.69, 9.17) is 4.74 Å². The maximum absolute atomic E-state index is 11.6. The fourth-order valence-electron chi connectivity index (χ4n) is 1.46. The van der Waals surface area contributed by atoms with Gasteiger partial charge in [0.15, 0.2) is 5.60 Å². The van der Waals surface area contributed by atoms with Crippen molar-refractivity contribution in [2.75, 3.05) is 5.32 Å². The van der Waals surface area contributed by atoms with E-state index in [1.807, 2.05) is 25.1 Å². The summed E-state index contributed by atoms with van der Waals surface area (Å²) in [5.41, 5.74) is 1.02. The van der Waals surface area contributed by atoms with Crippen LogP contribution in [0.3, 0.4) is 0 Å². The zero-order valence-electron chi connectivity index (χ0n) is 8.55. The third-order valence-electron chi connectivity index (χ3n) is 2.36. The number of aryl methyl sites for hydroxylation is 1. The van der Waals surface area contributed by atoms with Gasteiger partial charge in [-0.25, -0.2) is 0 Å². The van der Waals surface area contributed by atoms with E-state index >= 15 is 0 Å². The van der Waals surface area contributed by atoms with Crippen molar-refractivity contribution in [3.05, 3.63) is 23.8 Å². The van der Waals surface area contributed by atoms with Gasteiger partial charge in [0.2, 0.25) is 0 Å². The smallest absolute Gasteiger partial charge is 0.268 e. The zero-order valence-corrected chi connectivity index (χ0v) is 8.55. The Morgan fingerprint density at radius 1 is 1.36 bits per heavy atom. The molecule has 0 bridgehead atoms. The minimum atomic E-state index is -0.779. The molecule has 0 radical (unpaired) electrons. The van der Waals surface area contributed by atoms with Crippen molar-refractivity contribution in [2.24, 2.45) is 0 Å². The third kappa shape index (κ3) is 1.25. The SMILES string of the molecule is Cc1cccc2c1OC(C)(C)C(=O)N2. The van der Waals surface area contributed by atoms with E-state index in [0.29, 0.717) is 0 Å². The summed E-state index contributed by atoms with van der Waals surface area (Å²) < 4.78 is 5.65. The summed E-state index contributed by atoms with van der Waals surface area (Å²) >= 11 is 0. The predicted octanol–water partition coefficient (Wildman–Crippen LogP) is 2.10. The molecule has 1 aromatic carbocycles. The zero-order chi connectivity index (χ0) is 10.3. The number of carbonyl (C=O) groups is 1. The molecule has 0 aliphatic carbocycles. The Bertz CT molecular complexity index is 396. The average molecular weight is 191 g/mol. The fourth-order valence-corrected chi connectivity index (χ4v) is 1.46. The van der Waals surface area contributed by atoms with Crippen molar-refractivity contribution < 1.29 is 9.53 Å². The van der Waals surface area contributed by atoms with Crippen LogP contribution in [0, 0.1) is 6.92 Å². The molecule has 1 aliphatic rings. The Labute approximate surface area is 83.1 Å². The van der Waals surface area contributed by atoms with Gasteiger partial charge in [0.05, 0.1) is 5.69 Å². The first-order valence-electron chi connectivity index (χ1n) is 4.61. The van der Waals surface area contributed by atoms with Crippen LogP contribution < -0.4 is 10.1 Å². The van der Waals surface area contributed by atoms with Gasteiger partial charge in [0.25, 0.3) is 5.91 Å². The molecule has 1 aliphatic heterocycles. The van der Waals surface area contributed by atoms with Crippen LogP contribution in [0.4, 0.5) is 5.69 Å².